The Morgan fingerprint density at radius 1 is 1.23 bits per heavy atom. The van der Waals surface area contributed by atoms with Crippen LogP contribution in [0.15, 0.2) is 18.7 Å². The monoisotopic (exact) mass is 433 g/mol. The summed E-state index contributed by atoms with van der Waals surface area (Å²) in [5.41, 5.74) is -1.49. The molecule has 0 spiro atoms. The number of ether oxygens (including phenoxy) is 1. The van der Waals surface area contributed by atoms with Crippen LogP contribution in [0.4, 0.5) is 0 Å². The molecule has 1 unspecified atom stereocenters. The topological polar surface area (TPSA) is 64.3 Å². The summed E-state index contributed by atoms with van der Waals surface area (Å²) in [6.07, 6.45) is 11.7. The van der Waals surface area contributed by atoms with Crippen molar-refractivity contribution in [3.63, 3.8) is 0 Å². The van der Waals surface area contributed by atoms with Gasteiger partial charge in [-0.2, -0.15) is 0 Å². The summed E-state index contributed by atoms with van der Waals surface area (Å²) >= 11 is 0. The lowest BCUT2D eigenvalue weighted by Crippen LogP contribution is -2.56. The number of hydrogen-bond donors (Lipinski definition) is 1. The number of aliphatic hydroxyl groups is 1. The lowest BCUT2D eigenvalue weighted by molar-refractivity contribution is -0.164. The predicted octanol–water partition coefficient (Wildman–Crippen LogP) is 4.49. The van der Waals surface area contributed by atoms with Gasteiger partial charge in [0.25, 0.3) is 0 Å². The highest BCUT2D eigenvalue weighted by atomic mass is 16.5. The van der Waals surface area contributed by atoms with E-state index < -0.39 is 30.5 Å². The highest BCUT2D eigenvalue weighted by Gasteiger charge is 2.62. The predicted molar refractivity (Wildman–Crippen MR) is 119 cm³/mol. The Kier molecular flexibility index (Phi) is 4.07. The second-order valence-corrected chi connectivity index (χ2v) is 11.4. The third-order valence-electron chi connectivity index (χ3n) is 10.0. The van der Waals surface area contributed by atoms with Gasteiger partial charge in [-0.3, -0.25) is 4.79 Å². The van der Waals surface area contributed by atoms with E-state index in [0.717, 1.165) is 38.5 Å². The van der Waals surface area contributed by atoms with E-state index in [1.165, 1.54) is 10.9 Å². The number of aromatic nitrogens is 2. The Balaban J connectivity index is 1.33. The number of methoxy groups -OCH3 is 1. The highest BCUT2D eigenvalue weighted by Crippen LogP contribution is 2.68. The number of imidazole rings is 1. The third-order valence-corrected chi connectivity index (χ3v) is 10.0. The minimum Gasteiger partial charge on any atom is -0.387 e. The van der Waals surface area contributed by atoms with Crippen LogP contribution in [0, 0.1) is 40.4 Å². The van der Waals surface area contributed by atoms with E-state index in [0.29, 0.717) is 37.0 Å². The summed E-state index contributed by atoms with van der Waals surface area (Å²) in [6, 6.07) is 0. The molecular weight excluding hydrogens is 388 g/mol. The molecule has 0 bridgehead atoms. The molecule has 0 aromatic carbocycles. The first-order chi connectivity index (χ1) is 16.7. The fourth-order valence-electron chi connectivity index (χ4n) is 8.36. The standard InChI is InChI=1S/C26H40N2O3/c1-24-10-11-26(30,16-31-3)14-18(24)4-5-19-20-6-7-22(25(20,2)9-8-21(19)24)23(29)15-28-13-12-27-17-28/h12-13,17-22,30H,4-11,14-16H2,1-3H3/t18-,19-,20-,21-,22+,24-,25-,26+/m0/s1/i3D3,15D,22D/t15?,18-,19-,20-,21-,22+,24-,25-,26+. The van der Waals surface area contributed by atoms with Gasteiger partial charge in [-0.25, -0.2) is 4.98 Å². The molecule has 4 aliphatic rings. The first-order valence-electron chi connectivity index (χ1n) is 14.6. The third kappa shape index (κ3) is 3.42. The summed E-state index contributed by atoms with van der Waals surface area (Å²) in [5, 5.41) is 11.2. The van der Waals surface area contributed by atoms with Gasteiger partial charge < -0.3 is 14.4 Å². The first kappa shape index (κ1) is 16.4. The van der Waals surface area contributed by atoms with Gasteiger partial charge in [0.2, 0.25) is 0 Å². The van der Waals surface area contributed by atoms with E-state index in [1.807, 2.05) is 0 Å². The van der Waals surface area contributed by atoms with E-state index in [4.69, 9.17) is 10.2 Å². The average Bonchev–Trinajstić information content (AvgIpc) is 3.44. The number of carbonyl (C=O) groups excluding carboxylic acids is 1. The maximum absolute atomic E-state index is 13.6. The van der Waals surface area contributed by atoms with Crippen molar-refractivity contribution in [2.24, 2.45) is 40.4 Å². The zero-order valence-corrected chi connectivity index (χ0v) is 18.8. The fraction of sp³-hybridized carbons (Fsp3) is 0.846. The van der Waals surface area contributed by atoms with Crippen LogP contribution >= 0.6 is 0 Å². The Hall–Kier alpha value is -1.20. The average molecular weight is 434 g/mol. The molecule has 4 saturated carbocycles. The molecule has 1 aromatic heterocycles. The van der Waals surface area contributed by atoms with Gasteiger partial charge in [0.1, 0.15) is 0 Å². The molecule has 4 fully saturated rings. The molecule has 0 saturated heterocycles. The van der Waals surface area contributed by atoms with Gasteiger partial charge in [-0.05, 0) is 92.3 Å². The second kappa shape index (κ2) is 7.69. The molecule has 0 amide bonds. The number of carbonyl (C=O) groups is 1. The minimum atomic E-state index is -2.50. The van der Waals surface area contributed by atoms with Gasteiger partial charge in [0, 0.05) is 26.7 Å². The Bertz CT molecular complexity index is 989. The molecule has 31 heavy (non-hydrogen) atoms. The zero-order chi connectivity index (χ0) is 26.1. The Morgan fingerprint density at radius 2 is 2.06 bits per heavy atom. The van der Waals surface area contributed by atoms with E-state index >= 15 is 0 Å². The van der Waals surface area contributed by atoms with Crippen LogP contribution in [0.3, 0.4) is 0 Å². The van der Waals surface area contributed by atoms with Gasteiger partial charge in [0.15, 0.2) is 5.78 Å². The van der Waals surface area contributed by atoms with E-state index in [-0.39, 0.29) is 23.7 Å². The van der Waals surface area contributed by atoms with Crippen molar-refractivity contribution in [2.45, 2.75) is 83.8 Å². The van der Waals surface area contributed by atoms with Crippen LogP contribution in [-0.4, -0.2) is 39.7 Å². The molecule has 0 aliphatic heterocycles. The van der Waals surface area contributed by atoms with Crippen molar-refractivity contribution in [3.8, 4) is 0 Å². The normalized spacial score (nSPS) is 52.9. The smallest absolute Gasteiger partial charge is 0.156 e. The van der Waals surface area contributed by atoms with E-state index in [2.05, 4.69) is 18.8 Å². The molecule has 172 valence electrons. The maximum Gasteiger partial charge on any atom is 0.156 e. The number of hydrogen-bond acceptors (Lipinski definition) is 4. The SMILES string of the molecule is [2H]C(C(=O)[C@@]1([2H])CC[C@H]2[C@@H]3CC[C@H]4C[C@@](O)(COC([2H])([2H])[2H])CC[C@]4(C)[C@H]3CC[C@@]21C)n1ccnc1. The molecular formula is C26H40N2O3. The highest BCUT2D eigenvalue weighted by molar-refractivity contribution is 5.82. The minimum absolute atomic E-state index is 0.0580. The molecule has 1 heterocycles. The summed E-state index contributed by atoms with van der Waals surface area (Å²) in [5.74, 6) is -0.0837. The van der Waals surface area contributed by atoms with Crippen molar-refractivity contribution >= 4 is 5.78 Å². The van der Waals surface area contributed by atoms with Crippen LogP contribution in [0.1, 0.15) is 78.5 Å². The van der Waals surface area contributed by atoms with Crippen molar-refractivity contribution in [2.75, 3.05) is 13.6 Å². The molecule has 9 atom stereocenters. The second-order valence-electron chi connectivity index (χ2n) is 11.4. The Morgan fingerprint density at radius 3 is 2.84 bits per heavy atom. The summed E-state index contributed by atoms with van der Waals surface area (Å²) in [4.78, 5) is 17.6. The lowest BCUT2D eigenvalue weighted by Gasteiger charge is -2.62. The van der Waals surface area contributed by atoms with E-state index in [9.17, 15) is 11.3 Å². The van der Waals surface area contributed by atoms with Crippen LogP contribution in [0.2, 0.25) is 0 Å². The van der Waals surface area contributed by atoms with E-state index in [1.54, 1.807) is 12.4 Å². The van der Waals surface area contributed by atoms with Crippen molar-refractivity contribution in [3.05, 3.63) is 18.7 Å². The van der Waals surface area contributed by atoms with Crippen molar-refractivity contribution in [1.29, 1.82) is 0 Å². The molecule has 0 radical (unpaired) electrons. The quantitative estimate of drug-likeness (QED) is 0.743. The number of Topliss-reactive ketones (excluding diaryl/α,β-unsaturated/α-hetero) is 1. The van der Waals surface area contributed by atoms with Crippen LogP contribution < -0.4 is 0 Å². The van der Waals surface area contributed by atoms with Crippen LogP contribution in [0.5, 0.6) is 0 Å². The van der Waals surface area contributed by atoms with Crippen LogP contribution in [0.25, 0.3) is 0 Å². The van der Waals surface area contributed by atoms with Gasteiger partial charge in [0.05, 0.1) is 30.5 Å². The lowest BCUT2D eigenvalue weighted by atomic mass is 9.44. The van der Waals surface area contributed by atoms with Crippen molar-refractivity contribution in [1.82, 2.24) is 9.55 Å². The number of nitrogens with zero attached hydrogens (tertiary/aromatic N) is 2. The molecule has 1 aromatic rings. The fourth-order valence-corrected chi connectivity index (χ4v) is 8.36. The largest absolute Gasteiger partial charge is 0.387 e. The molecule has 5 heteroatoms. The summed E-state index contributed by atoms with van der Waals surface area (Å²) in [7, 11) is -2.50. The Labute approximate surface area is 194 Å². The van der Waals surface area contributed by atoms with Gasteiger partial charge in [-0.1, -0.05) is 13.8 Å². The molecule has 5 nitrogen and oxygen atoms in total. The summed E-state index contributed by atoms with van der Waals surface area (Å²) < 4.78 is 46.5. The molecule has 4 aliphatic carbocycles. The zero-order valence-electron chi connectivity index (χ0n) is 23.8. The summed E-state index contributed by atoms with van der Waals surface area (Å²) in [6.45, 7) is 3.19. The molecule has 5 rings (SSSR count). The van der Waals surface area contributed by atoms with Gasteiger partial charge >= 0.3 is 0 Å². The molecule has 1 N–H and O–H groups in total. The number of ketones is 1. The number of rotatable bonds is 5. The van der Waals surface area contributed by atoms with Gasteiger partial charge in [-0.15, -0.1) is 0 Å². The van der Waals surface area contributed by atoms with Crippen LogP contribution in [-0.2, 0) is 16.1 Å². The maximum atomic E-state index is 13.6. The first-order valence-corrected chi connectivity index (χ1v) is 12.0. The van der Waals surface area contributed by atoms with Crippen molar-refractivity contribution < 1.29 is 21.5 Å². The number of fused-ring (bicyclic) bond motifs is 5.